The van der Waals surface area contributed by atoms with E-state index in [2.05, 4.69) is 14.9 Å². The van der Waals surface area contributed by atoms with Gasteiger partial charge in [-0.25, -0.2) is 4.98 Å². The Morgan fingerprint density at radius 1 is 1.00 bits per heavy atom. The Morgan fingerprint density at radius 3 is 2.43 bits per heavy atom. The second-order valence-corrected chi connectivity index (χ2v) is 6.57. The van der Waals surface area contributed by atoms with Crippen LogP contribution >= 0.6 is 0 Å². The van der Waals surface area contributed by atoms with Gasteiger partial charge < -0.3 is 19.3 Å². The van der Waals surface area contributed by atoms with Crippen LogP contribution in [0.2, 0.25) is 0 Å². The summed E-state index contributed by atoms with van der Waals surface area (Å²) in [6, 6.07) is 13.5. The number of anilines is 1. The van der Waals surface area contributed by atoms with Gasteiger partial charge in [-0.3, -0.25) is 4.79 Å². The summed E-state index contributed by atoms with van der Waals surface area (Å²) in [4.78, 5) is 25.8. The van der Waals surface area contributed by atoms with E-state index in [1.807, 2.05) is 47.4 Å². The number of nitrogens with zero attached hydrogens (tertiary/aromatic N) is 4. The highest BCUT2D eigenvalue weighted by molar-refractivity contribution is 5.99. The molecule has 28 heavy (non-hydrogen) atoms. The van der Waals surface area contributed by atoms with Gasteiger partial charge in [-0.2, -0.15) is 4.98 Å². The maximum atomic E-state index is 13.1. The normalized spacial score (nSPS) is 14.2. The summed E-state index contributed by atoms with van der Waals surface area (Å²) in [5, 5.41) is 0.823. The number of benzene rings is 1. The Balaban J connectivity index is 1.50. The van der Waals surface area contributed by atoms with Crippen LogP contribution in [0.5, 0.6) is 11.6 Å². The summed E-state index contributed by atoms with van der Waals surface area (Å²) in [7, 11) is 3.18. The van der Waals surface area contributed by atoms with Crippen molar-refractivity contribution < 1.29 is 14.3 Å². The van der Waals surface area contributed by atoms with Gasteiger partial charge in [0.1, 0.15) is 11.3 Å². The van der Waals surface area contributed by atoms with Gasteiger partial charge >= 0.3 is 0 Å². The molecule has 1 aliphatic heterocycles. The van der Waals surface area contributed by atoms with Crippen LogP contribution in [0.4, 0.5) is 5.69 Å². The molecule has 0 atom stereocenters. The number of rotatable bonds is 4. The molecule has 1 amide bonds. The Morgan fingerprint density at radius 2 is 1.75 bits per heavy atom. The van der Waals surface area contributed by atoms with E-state index in [-0.39, 0.29) is 5.91 Å². The number of hydrogen-bond donors (Lipinski definition) is 0. The van der Waals surface area contributed by atoms with E-state index in [0.717, 1.165) is 29.9 Å². The Labute approximate surface area is 163 Å². The molecule has 7 heteroatoms. The number of methoxy groups -OCH3 is 2. The van der Waals surface area contributed by atoms with E-state index >= 15 is 0 Å². The van der Waals surface area contributed by atoms with Gasteiger partial charge in [-0.1, -0.05) is 0 Å². The molecule has 3 aromatic rings. The van der Waals surface area contributed by atoms with Gasteiger partial charge in [-0.15, -0.1) is 0 Å². The molecule has 4 rings (SSSR count). The Hall–Kier alpha value is -3.35. The molecule has 3 heterocycles. The average Bonchev–Trinajstić information content (AvgIpc) is 2.78. The van der Waals surface area contributed by atoms with Crippen molar-refractivity contribution in [3.8, 4) is 11.6 Å². The SMILES string of the molecule is COc1ccc(N2CCN(C(=O)c3cc4cccnc4nc3OC)CC2)cc1. The maximum Gasteiger partial charge on any atom is 0.259 e. The molecule has 1 aromatic carbocycles. The summed E-state index contributed by atoms with van der Waals surface area (Å²) in [6.45, 7) is 2.81. The van der Waals surface area contributed by atoms with Gasteiger partial charge in [0.2, 0.25) is 5.88 Å². The molecule has 2 aromatic heterocycles. The molecule has 1 aliphatic rings. The summed E-state index contributed by atoms with van der Waals surface area (Å²) >= 11 is 0. The van der Waals surface area contributed by atoms with E-state index in [9.17, 15) is 4.79 Å². The van der Waals surface area contributed by atoms with Crippen molar-refractivity contribution in [2.75, 3.05) is 45.3 Å². The first kappa shape index (κ1) is 18.0. The van der Waals surface area contributed by atoms with Crippen LogP contribution in [0, 0.1) is 0 Å². The number of aromatic nitrogens is 2. The third-order valence-corrected chi connectivity index (χ3v) is 4.98. The minimum absolute atomic E-state index is 0.0653. The molecular formula is C21H22N4O3. The first-order chi connectivity index (χ1) is 13.7. The molecule has 7 nitrogen and oxygen atoms in total. The standard InChI is InChI=1S/C21H22N4O3/c1-27-17-7-5-16(6-8-17)24-10-12-25(13-11-24)21(26)18-14-15-4-3-9-22-19(15)23-20(18)28-2/h3-9,14H,10-13H2,1-2H3. The molecule has 0 unspecified atom stereocenters. The molecule has 144 valence electrons. The van der Waals surface area contributed by atoms with Crippen LogP contribution in [0.1, 0.15) is 10.4 Å². The first-order valence-corrected chi connectivity index (χ1v) is 9.17. The Bertz CT molecular complexity index is 983. The first-order valence-electron chi connectivity index (χ1n) is 9.17. The van der Waals surface area contributed by atoms with Crippen LogP contribution in [0.15, 0.2) is 48.7 Å². The zero-order chi connectivity index (χ0) is 19.5. The lowest BCUT2D eigenvalue weighted by Crippen LogP contribution is -2.48. The second-order valence-electron chi connectivity index (χ2n) is 6.57. The number of fused-ring (bicyclic) bond motifs is 1. The molecular weight excluding hydrogens is 356 g/mol. The molecule has 0 N–H and O–H groups in total. The minimum Gasteiger partial charge on any atom is -0.497 e. The number of ether oxygens (including phenoxy) is 2. The second kappa shape index (κ2) is 7.72. The molecule has 1 saturated heterocycles. The number of pyridine rings is 2. The zero-order valence-corrected chi connectivity index (χ0v) is 16.0. The molecule has 0 aliphatic carbocycles. The van der Waals surface area contributed by atoms with E-state index in [4.69, 9.17) is 9.47 Å². The lowest BCUT2D eigenvalue weighted by molar-refractivity contribution is 0.0743. The molecule has 0 saturated carbocycles. The third kappa shape index (κ3) is 3.43. The largest absolute Gasteiger partial charge is 0.497 e. The predicted octanol–water partition coefficient (Wildman–Crippen LogP) is 2.61. The summed E-state index contributed by atoms with van der Waals surface area (Å²) in [6.07, 6.45) is 1.68. The van der Waals surface area contributed by atoms with Crippen LogP contribution < -0.4 is 14.4 Å². The summed E-state index contributed by atoms with van der Waals surface area (Å²) < 4.78 is 10.6. The van der Waals surface area contributed by atoms with E-state index < -0.39 is 0 Å². The monoisotopic (exact) mass is 378 g/mol. The molecule has 0 radical (unpaired) electrons. The third-order valence-electron chi connectivity index (χ3n) is 4.98. The summed E-state index contributed by atoms with van der Waals surface area (Å²) in [5.41, 5.74) is 2.17. The van der Waals surface area contributed by atoms with Crippen molar-refractivity contribution in [1.82, 2.24) is 14.9 Å². The van der Waals surface area contributed by atoms with Crippen molar-refractivity contribution in [3.63, 3.8) is 0 Å². The Kier molecular flexibility index (Phi) is 4.97. The van der Waals surface area contributed by atoms with Gasteiger partial charge in [0.05, 0.1) is 14.2 Å². The number of amides is 1. The minimum atomic E-state index is -0.0653. The summed E-state index contributed by atoms with van der Waals surface area (Å²) in [5.74, 6) is 1.08. The number of carbonyl (C=O) groups excluding carboxylic acids is 1. The lowest BCUT2D eigenvalue weighted by Gasteiger charge is -2.36. The van der Waals surface area contributed by atoms with Crippen LogP contribution in [-0.4, -0.2) is 61.2 Å². The molecule has 1 fully saturated rings. The van der Waals surface area contributed by atoms with Gasteiger partial charge in [0.15, 0.2) is 5.65 Å². The molecule has 0 spiro atoms. The average molecular weight is 378 g/mol. The highest BCUT2D eigenvalue weighted by Gasteiger charge is 2.25. The topological polar surface area (TPSA) is 67.8 Å². The van der Waals surface area contributed by atoms with Gasteiger partial charge in [0, 0.05) is 43.4 Å². The quantitative estimate of drug-likeness (QED) is 0.695. The number of hydrogen-bond acceptors (Lipinski definition) is 6. The van der Waals surface area contributed by atoms with Crippen LogP contribution in [0.25, 0.3) is 11.0 Å². The van der Waals surface area contributed by atoms with Crippen LogP contribution in [0.3, 0.4) is 0 Å². The van der Waals surface area contributed by atoms with Crippen molar-refractivity contribution >= 4 is 22.6 Å². The smallest absolute Gasteiger partial charge is 0.259 e. The highest BCUT2D eigenvalue weighted by Crippen LogP contribution is 2.24. The number of carbonyl (C=O) groups is 1. The zero-order valence-electron chi connectivity index (χ0n) is 16.0. The highest BCUT2D eigenvalue weighted by atomic mass is 16.5. The van der Waals surface area contributed by atoms with E-state index in [0.29, 0.717) is 30.2 Å². The van der Waals surface area contributed by atoms with Crippen LogP contribution in [-0.2, 0) is 0 Å². The van der Waals surface area contributed by atoms with Gasteiger partial charge in [0.25, 0.3) is 5.91 Å². The van der Waals surface area contributed by atoms with E-state index in [1.54, 1.807) is 13.3 Å². The maximum absolute atomic E-state index is 13.1. The predicted molar refractivity (Wildman–Crippen MR) is 107 cm³/mol. The lowest BCUT2D eigenvalue weighted by atomic mass is 10.1. The fourth-order valence-corrected chi connectivity index (χ4v) is 3.43. The van der Waals surface area contributed by atoms with Crippen molar-refractivity contribution in [2.24, 2.45) is 0 Å². The fraction of sp³-hybridized carbons (Fsp3) is 0.286. The van der Waals surface area contributed by atoms with Crippen molar-refractivity contribution in [1.29, 1.82) is 0 Å². The van der Waals surface area contributed by atoms with Gasteiger partial charge in [-0.05, 0) is 42.5 Å². The fourth-order valence-electron chi connectivity index (χ4n) is 3.43. The van der Waals surface area contributed by atoms with Crippen molar-refractivity contribution in [2.45, 2.75) is 0 Å². The van der Waals surface area contributed by atoms with Crippen molar-refractivity contribution in [3.05, 3.63) is 54.2 Å². The molecule has 0 bridgehead atoms. The van der Waals surface area contributed by atoms with E-state index in [1.165, 1.54) is 7.11 Å². The number of piperazine rings is 1.